The molecule has 10 nitrogen and oxygen atoms in total. The second-order valence-electron chi connectivity index (χ2n) is 6.90. The second-order valence-corrected chi connectivity index (χ2v) is 6.90. The molecule has 0 aliphatic heterocycles. The van der Waals surface area contributed by atoms with E-state index in [-0.39, 0.29) is 0 Å². The number of ether oxygens (including phenoxy) is 1. The van der Waals surface area contributed by atoms with Crippen molar-refractivity contribution >= 4 is 17.3 Å². The van der Waals surface area contributed by atoms with Gasteiger partial charge in [0.1, 0.15) is 5.82 Å². The van der Waals surface area contributed by atoms with E-state index in [1.165, 1.54) is 0 Å². The van der Waals surface area contributed by atoms with Crippen LogP contribution in [0.1, 0.15) is 11.5 Å². The van der Waals surface area contributed by atoms with Gasteiger partial charge in [-0.15, -0.1) is 10.2 Å². The van der Waals surface area contributed by atoms with Crippen molar-refractivity contribution in [3.63, 3.8) is 0 Å². The number of aromatic nitrogens is 8. The van der Waals surface area contributed by atoms with Crippen LogP contribution in [-0.4, -0.2) is 46.4 Å². The Kier molecular flexibility index (Phi) is 4.71. The molecule has 5 aromatic heterocycles. The average Bonchev–Trinajstić information content (AvgIpc) is 3.39. The molecule has 0 spiro atoms. The smallest absolute Gasteiger partial charge is 0.227 e. The van der Waals surface area contributed by atoms with Gasteiger partial charge in [0.15, 0.2) is 5.65 Å². The molecule has 0 aliphatic carbocycles. The average molecular weight is 413 g/mol. The zero-order valence-electron chi connectivity index (χ0n) is 17.0. The first kappa shape index (κ1) is 18.7. The van der Waals surface area contributed by atoms with Gasteiger partial charge in [0.25, 0.3) is 0 Å². The Morgan fingerprint density at radius 3 is 2.87 bits per heavy atom. The third kappa shape index (κ3) is 3.90. The normalized spacial score (nSPS) is 11.0. The fraction of sp³-hybridized carbons (Fsp3) is 0.143. The summed E-state index contributed by atoms with van der Waals surface area (Å²) in [6.45, 7) is 0. The van der Waals surface area contributed by atoms with Gasteiger partial charge in [0, 0.05) is 37.3 Å². The Morgan fingerprint density at radius 2 is 2.03 bits per heavy atom. The molecule has 0 unspecified atom stereocenters. The highest BCUT2D eigenvalue weighted by Crippen LogP contribution is 2.21. The van der Waals surface area contributed by atoms with Crippen LogP contribution in [-0.2, 0) is 13.5 Å². The molecule has 0 saturated heterocycles. The number of hydrogen-bond acceptors (Lipinski definition) is 8. The van der Waals surface area contributed by atoms with Crippen LogP contribution in [0.15, 0.2) is 61.2 Å². The minimum Gasteiger partial charge on any atom is -0.481 e. The first-order valence-corrected chi connectivity index (χ1v) is 9.60. The van der Waals surface area contributed by atoms with Gasteiger partial charge in [-0.3, -0.25) is 9.08 Å². The second kappa shape index (κ2) is 7.82. The third-order valence-corrected chi connectivity index (χ3v) is 4.72. The van der Waals surface area contributed by atoms with E-state index in [1.807, 2.05) is 60.2 Å². The first-order chi connectivity index (χ1) is 15.2. The Morgan fingerprint density at radius 1 is 1.10 bits per heavy atom. The molecular formula is C21H19N9O. The number of aryl methyl sites for hydroxylation is 1. The molecule has 5 rings (SSSR count). The van der Waals surface area contributed by atoms with Crippen LogP contribution < -0.4 is 10.1 Å². The SMILES string of the molecule is COc1cccc(Cc2nnc3cc(-c4ccnc(Nc5cnn(C)c5)n4)ccn23)n1. The van der Waals surface area contributed by atoms with Crippen molar-refractivity contribution in [2.75, 3.05) is 12.4 Å². The molecule has 154 valence electrons. The van der Waals surface area contributed by atoms with Crippen LogP contribution in [0.25, 0.3) is 16.9 Å². The zero-order chi connectivity index (χ0) is 21.2. The van der Waals surface area contributed by atoms with Crippen molar-refractivity contribution in [2.45, 2.75) is 6.42 Å². The molecule has 10 heteroatoms. The molecular weight excluding hydrogens is 394 g/mol. The maximum Gasteiger partial charge on any atom is 0.227 e. The Balaban J connectivity index is 1.41. The Labute approximate surface area is 177 Å². The number of nitrogens with zero attached hydrogens (tertiary/aromatic N) is 8. The molecule has 5 aromatic rings. The van der Waals surface area contributed by atoms with E-state index >= 15 is 0 Å². The van der Waals surface area contributed by atoms with Gasteiger partial charge < -0.3 is 10.1 Å². The van der Waals surface area contributed by atoms with Crippen molar-refractivity contribution in [2.24, 2.45) is 7.05 Å². The maximum absolute atomic E-state index is 5.20. The maximum atomic E-state index is 5.20. The number of methoxy groups -OCH3 is 1. The number of fused-ring (bicyclic) bond motifs is 1. The minimum atomic E-state index is 0.497. The van der Waals surface area contributed by atoms with Crippen molar-refractivity contribution in [3.05, 3.63) is 72.7 Å². The van der Waals surface area contributed by atoms with E-state index in [1.54, 1.807) is 24.2 Å². The van der Waals surface area contributed by atoms with Crippen LogP contribution in [0.3, 0.4) is 0 Å². The Hall–Kier alpha value is -4.34. The lowest BCUT2D eigenvalue weighted by Crippen LogP contribution is -2.00. The highest BCUT2D eigenvalue weighted by molar-refractivity contribution is 5.65. The zero-order valence-corrected chi connectivity index (χ0v) is 17.0. The minimum absolute atomic E-state index is 0.497. The van der Waals surface area contributed by atoms with Gasteiger partial charge in [-0.25, -0.2) is 15.0 Å². The predicted molar refractivity (Wildman–Crippen MR) is 114 cm³/mol. The topological polar surface area (TPSA) is 108 Å². The van der Waals surface area contributed by atoms with E-state index in [4.69, 9.17) is 4.74 Å². The molecule has 5 heterocycles. The summed E-state index contributed by atoms with van der Waals surface area (Å²) >= 11 is 0. The standard InChI is InChI=1S/C21H19N9O/c1-29-13-16(12-23-29)25-21-22-8-6-17(26-21)14-7-9-30-18(10-14)27-28-19(30)11-15-4-3-5-20(24-15)31-2/h3-10,12-13H,11H2,1-2H3,(H,22,25,26). The van der Waals surface area contributed by atoms with Crippen LogP contribution in [0.5, 0.6) is 5.88 Å². The lowest BCUT2D eigenvalue weighted by Gasteiger charge is -2.06. The number of nitrogens with one attached hydrogen (secondary N) is 1. The van der Waals surface area contributed by atoms with Crippen LogP contribution >= 0.6 is 0 Å². The fourth-order valence-corrected chi connectivity index (χ4v) is 3.25. The van der Waals surface area contributed by atoms with Gasteiger partial charge in [-0.1, -0.05) is 6.07 Å². The largest absolute Gasteiger partial charge is 0.481 e. The quantitative estimate of drug-likeness (QED) is 0.453. The van der Waals surface area contributed by atoms with Crippen LogP contribution in [0.2, 0.25) is 0 Å². The van der Waals surface area contributed by atoms with Crippen molar-refractivity contribution < 1.29 is 4.74 Å². The monoisotopic (exact) mass is 413 g/mol. The summed E-state index contributed by atoms with van der Waals surface area (Å²) in [5.41, 5.74) is 4.12. The first-order valence-electron chi connectivity index (χ1n) is 9.60. The highest BCUT2D eigenvalue weighted by atomic mass is 16.5. The van der Waals surface area contributed by atoms with E-state index in [9.17, 15) is 0 Å². The van der Waals surface area contributed by atoms with Crippen molar-refractivity contribution in [1.82, 2.24) is 39.3 Å². The molecule has 0 aromatic carbocycles. The van der Waals surface area contributed by atoms with E-state index in [2.05, 4.69) is 35.6 Å². The summed E-state index contributed by atoms with van der Waals surface area (Å²) in [5.74, 6) is 1.87. The number of anilines is 2. The summed E-state index contributed by atoms with van der Waals surface area (Å²) in [5, 5.41) is 16.0. The molecule has 0 fully saturated rings. The molecule has 31 heavy (non-hydrogen) atoms. The third-order valence-electron chi connectivity index (χ3n) is 4.72. The lowest BCUT2D eigenvalue weighted by molar-refractivity contribution is 0.396. The van der Waals surface area contributed by atoms with Crippen molar-refractivity contribution in [1.29, 1.82) is 0 Å². The van der Waals surface area contributed by atoms with E-state index in [0.29, 0.717) is 18.2 Å². The number of rotatable bonds is 6. The molecule has 0 radical (unpaired) electrons. The summed E-state index contributed by atoms with van der Waals surface area (Å²) < 4.78 is 8.86. The molecule has 1 N–H and O–H groups in total. The highest BCUT2D eigenvalue weighted by Gasteiger charge is 2.11. The summed E-state index contributed by atoms with van der Waals surface area (Å²) in [6.07, 6.45) is 7.78. The number of pyridine rings is 2. The fourth-order valence-electron chi connectivity index (χ4n) is 3.25. The Bertz CT molecular complexity index is 1360. The number of hydrogen-bond donors (Lipinski definition) is 1. The molecule has 0 aliphatic rings. The molecule has 0 amide bonds. The van der Waals surface area contributed by atoms with Gasteiger partial charge in [-0.05, 0) is 24.3 Å². The summed E-state index contributed by atoms with van der Waals surface area (Å²) in [4.78, 5) is 13.3. The van der Waals surface area contributed by atoms with E-state index in [0.717, 1.165) is 34.1 Å². The van der Waals surface area contributed by atoms with E-state index < -0.39 is 0 Å². The van der Waals surface area contributed by atoms with Gasteiger partial charge >= 0.3 is 0 Å². The summed E-state index contributed by atoms with van der Waals surface area (Å²) in [7, 11) is 3.46. The van der Waals surface area contributed by atoms with Gasteiger partial charge in [0.05, 0.1) is 36.8 Å². The molecule has 0 saturated carbocycles. The van der Waals surface area contributed by atoms with Gasteiger partial charge in [-0.2, -0.15) is 5.10 Å². The molecule has 0 atom stereocenters. The summed E-state index contributed by atoms with van der Waals surface area (Å²) in [6, 6.07) is 11.5. The van der Waals surface area contributed by atoms with Crippen molar-refractivity contribution in [3.8, 4) is 17.1 Å². The van der Waals surface area contributed by atoms with Gasteiger partial charge in [0.2, 0.25) is 11.8 Å². The predicted octanol–water partition coefficient (Wildman–Crippen LogP) is 2.66. The van der Waals surface area contributed by atoms with Crippen LogP contribution in [0, 0.1) is 0 Å². The lowest BCUT2D eigenvalue weighted by atomic mass is 10.2. The molecule has 0 bridgehead atoms. The van der Waals surface area contributed by atoms with Crippen LogP contribution in [0.4, 0.5) is 11.6 Å².